The molecule has 5 heteroatoms. The molecule has 1 heterocycles. The molecule has 1 aliphatic carbocycles. The van der Waals surface area contributed by atoms with Gasteiger partial charge in [0.1, 0.15) is 5.82 Å². The second kappa shape index (κ2) is 6.48. The van der Waals surface area contributed by atoms with Gasteiger partial charge in [-0.05, 0) is 43.2 Å². The molecule has 0 aromatic heterocycles. The van der Waals surface area contributed by atoms with Gasteiger partial charge in [-0.2, -0.15) is 0 Å². The number of benzene rings is 1. The number of rotatable bonds is 4. The highest BCUT2D eigenvalue weighted by Crippen LogP contribution is 2.47. The number of carbonyl (C=O) groups excluding carboxylic acids is 1. The maximum atomic E-state index is 13.5. The summed E-state index contributed by atoms with van der Waals surface area (Å²) in [4.78, 5) is 14.0. The summed E-state index contributed by atoms with van der Waals surface area (Å²) in [5, 5.41) is 13.6. The van der Waals surface area contributed by atoms with Crippen molar-refractivity contribution in [2.24, 2.45) is 11.8 Å². The van der Waals surface area contributed by atoms with Crippen LogP contribution in [0.3, 0.4) is 0 Å². The number of likely N-dealkylation sites (tertiary alicyclic amines) is 1. The van der Waals surface area contributed by atoms with Gasteiger partial charge in [0.2, 0.25) is 0 Å². The highest BCUT2D eigenvalue weighted by Gasteiger charge is 2.50. The zero-order valence-electron chi connectivity index (χ0n) is 13.6. The lowest BCUT2D eigenvalue weighted by Crippen LogP contribution is -2.55. The van der Waals surface area contributed by atoms with Gasteiger partial charge in [-0.3, -0.25) is 0 Å². The molecule has 2 aliphatic rings. The lowest BCUT2D eigenvalue weighted by Gasteiger charge is -2.43. The number of urea groups is 1. The molecule has 3 rings (SSSR count). The van der Waals surface area contributed by atoms with Gasteiger partial charge >= 0.3 is 6.03 Å². The van der Waals surface area contributed by atoms with Crippen molar-refractivity contribution in [3.8, 4) is 0 Å². The minimum absolute atomic E-state index is 0.0982. The molecule has 2 amide bonds. The summed E-state index contributed by atoms with van der Waals surface area (Å²) < 4.78 is 13.5. The molecule has 0 radical (unpaired) electrons. The van der Waals surface area contributed by atoms with E-state index in [9.17, 15) is 14.3 Å². The number of amides is 2. The predicted molar refractivity (Wildman–Crippen MR) is 86.5 cm³/mol. The quantitative estimate of drug-likeness (QED) is 0.896. The average molecular weight is 320 g/mol. The summed E-state index contributed by atoms with van der Waals surface area (Å²) in [7, 11) is 0. The highest BCUT2D eigenvalue weighted by molar-refractivity contribution is 5.74. The van der Waals surface area contributed by atoms with Crippen LogP contribution in [0.5, 0.6) is 0 Å². The third-order valence-corrected chi connectivity index (χ3v) is 5.33. The molecular formula is C18H25FN2O2. The van der Waals surface area contributed by atoms with Crippen LogP contribution in [0.1, 0.15) is 31.7 Å². The van der Waals surface area contributed by atoms with Crippen molar-refractivity contribution < 1.29 is 14.3 Å². The Hall–Kier alpha value is -1.62. The van der Waals surface area contributed by atoms with E-state index in [-0.39, 0.29) is 17.8 Å². The van der Waals surface area contributed by atoms with Gasteiger partial charge in [0, 0.05) is 25.6 Å². The first-order valence-electron chi connectivity index (χ1n) is 8.49. The maximum Gasteiger partial charge on any atom is 0.317 e. The second-order valence-corrected chi connectivity index (χ2v) is 6.94. The summed E-state index contributed by atoms with van der Waals surface area (Å²) in [6.07, 6.45) is 3.35. The zero-order chi connectivity index (χ0) is 16.4. The van der Waals surface area contributed by atoms with Crippen LogP contribution in [0.15, 0.2) is 24.3 Å². The van der Waals surface area contributed by atoms with Crippen LogP contribution in [0.2, 0.25) is 0 Å². The number of nitrogens with one attached hydrogen (secondary N) is 1. The Morgan fingerprint density at radius 1 is 1.43 bits per heavy atom. The number of aliphatic hydroxyl groups is 1. The molecule has 126 valence electrons. The Morgan fingerprint density at radius 2 is 2.17 bits per heavy atom. The van der Waals surface area contributed by atoms with E-state index in [0.29, 0.717) is 44.0 Å². The molecule has 0 unspecified atom stereocenters. The third-order valence-electron chi connectivity index (χ3n) is 5.33. The van der Waals surface area contributed by atoms with E-state index >= 15 is 0 Å². The molecule has 1 aliphatic heterocycles. The SMILES string of the molecule is C[C@H]1CN(C(=O)NCCc2ccccc2F)CC[C@]1(O)C1CC1. The summed E-state index contributed by atoms with van der Waals surface area (Å²) in [6.45, 7) is 3.61. The first-order chi connectivity index (χ1) is 11.0. The molecule has 1 saturated heterocycles. The van der Waals surface area contributed by atoms with E-state index < -0.39 is 5.60 Å². The van der Waals surface area contributed by atoms with E-state index in [1.807, 2.05) is 6.92 Å². The molecule has 23 heavy (non-hydrogen) atoms. The topological polar surface area (TPSA) is 52.6 Å². The van der Waals surface area contributed by atoms with Crippen molar-refractivity contribution in [2.45, 2.75) is 38.2 Å². The molecule has 0 bridgehead atoms. The number of hydrogen-bond donors (Lipinski definition) is 2. The average Bonchev–Trinajstić information content (AvgIpc) is 3.37. The lowest BCUT2D eigenvalue weighted by atomic mass is 9.78. The Labute approximate surface area is 136 Å². The summed E-state index contributed by atoms with van der Waals surface area (Å²) in [6, 6.07) is 6.51. The normalized spacial score (nSPS) is 27.8. The number of carbonyl (C=O) groups is 1. The fourth-order valence-electron chi connectivity index (χ4n) is 3.63. The smallest absolute Gasteiger partial charge is 0.317 e. The van der Waals surface area contributed by atoms with E-state index in [1.54, 1.807) is 23.1 Å². The molecule has 1 saturated carbocycles. The summed E-state index contributed by atoms with van der Waals surface area (Å²) in [5.74, 6) is 0.285. The molecule has 2 atom stereocenters. The monoisotopic (exact) mass is 320 g/mol. The molecule has 4 nitrogen and oxygen atoms in total. The maximum absolute atomic E-state index is 13.5. The zero-order valence-corrected chi connectivity index (χ0v) is 13.6. The number of nitrogens with zero attached hydrogens (tertiary/aromatic N) is 1. The fourth-order valence-corrected chi connectivity index (χ4v) is 3.63. The van der Waals surface area contributed by atoms with Gasteiger partial charge < -0.3 is 15.3 Å². The van der Waals surface area contributed by atoms with Gasteiger partial charge in [0.05, 0.1) is 5.60 Å². The van der Waals surface area contributed by atoms with Crippen molar-refractivity contribution in [3.05, 3.63) is 35.6 Å². The van der Waals surface area contributed by atoms with Crippen LogP contribution in [-0.2, 0) is 6.42 Å². The molecule has 0 spiro atoms. The predicted octanol–water partition coefficient (Wildman–Crippen LogP) is 2.56. The van der Waals surface area contributed by atoms with Crippen LogP contribution in [0.4, 0.5) is 9.18 Å². The van der Waals surface area contributed by atoms with Crippen LogP contribution in [-0.4, -0.2) is 41.3 Å². The molecule has 2 fully saturated rings. The van der Waals surface area contributed by atoms with Crippen molar-refractivity contribution in [3.63, 3.8) is 0 Å². The van der Waals surface area contributed by atoms with Crippen molar-refractivity contribution in [1.29, 1.82) is 0 Å². The first kappa shape index (κ1) is 16.2. The minimum Gasteiger partial charge on any atom is -0.389 e. The number of piperidine rings is 1. The largest absolute Gasteiger partial charge is 0.389 e. The minimum atomic E-state index is -0.593. The Bertz CT molecular complexity index is 576. The summed E-state index contributed by atoms with van der Waals surface area (Å²) >= 11 is 0. The third kappa shape index (κ3) is 3.50. The second-order valence-electron chi connectivity index (χ2n) is 6.94. The van der Waals surface area contributed by atoms with E-state index in [1.165, 1.54) is 6.07 Å². The molecule has 2 N–H and O–H groups in total. The van der Waals surface area contributed by atoms with Gasteiger partial charge in [-0.15, -0.1) is 0 Å². The fraction of sp³-hybridized carbons (Fsp3) is 0.611. The standard InChI is InChI=1S/C18H25FN2O2/c1-13-12-21(11-9-18(13,23)15-6-7-15)17(22)20-10-8-14-4-2-3-5-16(14)19/h2-5,13,15,23H,6-12H2,1H3,(H,20,22)/t13-,18+/m0/s1. The molecular weight excluding hydrogens is 295 g/mol. The summed E-state index contributed by atoms with van der Waals surface area (Å²) in [5.41, 5.74) is 0.0205. The van der Waals surface area contributed by atoms with E-state index in [2.05, 4.69) is 5.32 Å². The Morgan fingerprint density at radius 3 is 2.83 bits per heavy atom. The molecule has 1 aromatic rings. The van der Waals surface area contributed by atoms with Crippen molar-refractivity contribution in [2.75, 3.05) is 19.6 Å². The van der Waals surface area contributed by atoms with Crippen LogP contribution in [0.25, 0.3) is 0 Å². The van der Waals surface area contributed by atoms with Gasteiger partial charge in [0.25, 0.3) is 0 Å². The van der Waals surface area contributed by atoms with E-state index in [4.69, 9.17) is 0 Å². The molecule has 1 aromatic carbocycles. The van der Waals surface area contributed by atoms with Crippen molar-refractivity contribution >= 4 is 6.03 Å². The van der Waals surface area contributed by atoms with Gasteiger partial charge in [-0.25, -0.2) is 9.18 Å². The van der Waals surface area contributed by atoms with Crippen LogP contribution in [0, 0.1) is 17.7 Å². The number of halogens is 1. The number of hydrogen-bond acceptors (Lipinski definition) is 2. The van der Waals surface area contributed by atoms with Gasteiger partial charge in [0.15, 0.2) is 0 Å². The van der Waals surface area contributed by atoms with Gasteiger partial charge in [-0.1, -0.05) is 25.1 Å². The lowest BCUT2D eigenvalue weighted by molar-refractivity contribution is -0.0732. The Kier molecular flexibility index (Phi) is 4.57. The van der Waals surface area contributed by atoms with E-state index in [0.717, 1.165) is 12.8 Å². The van der Waals surface area contributed by atoms with Crippen LogP contribution < -0.4 is 5.32 Å². The first-order valence-corrected chi connectivity index (χ1v) is 8.49. The van der Waals surface area contributed by atoms with Crippen LogP contribution >= 0.6 is 0 Å². The Balaban J connectivity index is 1.47. The highest BCUT2D eigenvalue weighted by atomic mass is 19.1. The van der Waals surface area contributed by atoms with Crippen molar-refractivity contribution in [1.82, 2.24) is 10.2 Å².